The number of hydrogen-bond acceptors (Lipinski definition) is 7. The number of carbonyl (C=O) groups excluding carboxylic acids is 2. The summed E-state index contributed by atoms with van der Waals surface area (Å²) >= 11 is 1.61. The quantitative estimate of drug-likeness (QED) is 0.0770. The van der Waals surface area contributed by atoms with Gasteiger partial charge in [-0.3, -0.25) is 10.1 Å². The van der Waals surface area contributed by atoms with Crippen molar-refractivity contribution < 1.29 is 24.2 Å². The summed E-state index contributed by atoms with van der Waals surface area (Å²) in [6.45, 7) is 2.26. The number of carbonyl (C=O) groups is 2. The summed E-state index contributed by atoms with van der Waals surface area (Å²) in [7, 11) is 0. The molecule has 0 heterocycles. The molecule has 8 nitrogen and oxygen atoms in total. The van der Waals surface area contributed by atoms with Gasteiger partial charge in [0.15, 0.2) is 6.10 Å². The predicted molar refractivity (Wildman–Crippen MR) is 170 cm³/mol. The molecule has 9 heteroatoms. The van der Waals surface area contributed by atoms with Gasteiger partial charge in [0.05, 0.1) is 17.5 Å². The zero-order valence-corrected chi connectivity index (χ0v) is 24.4. The van der Waals surface area contributed by atoms with Crippen molar-refractivity contribution in [2.75, 3.05) is 29.2 Å². The van der Waals surface area contributed by atoms with E-state index in [0.29, 0.717) is 47.5 Å². The lowest BCUT2D eigenvalue weighted by atomic mass is 9.94. The van der Waals surface area contributed by atoms with Crippen LogP contribution >= 0.6 is 11.8 Å². The number of aromatic hydroxyl groups is 1. The highest BCUT2D eigenvalue weighted by Crippen LogP contribution is 2.36. The number of nitrogens with one attached hydrogen (secondary N) is 2. The highest BCUT2D eigenvalue weighted by atomic mass is 32.2. The largest absolute Gasteiger partial charge is 0.507 e. The normalized spacial score (nSPS) is 12.6. The van der Waals surface area contributed by atoms with Gasteiger partial charge in [0.2, 0.25) is 5.91 Å². The van der Waals surface area contributed by atoms with E-state index in [1.165, 1.54) is 6.08 Å². The molecule has 0 aliphatic carbocycles. The molecule has 0 saturated carbocycles. The molecule has 2 amide bonds. The lowest BCUT2D eigenvalue weighted by Crippen LogP contribution is -2.29. The first-order valence-electron chi connectivity index (χ1n) is 13.7. The summed E-state index contributed by atoms with van der Waals surface area (Å²) < 4.78 is 12.2. The zero-order valence-electron chi connectivity index (χ0n) is 23.6. The third-order valence-corrected chi connectivity index (χ3v) is 7.38. The van der Waals surface area contributed by atoms with Crippen LogP contribution in [0, 0.1) is 0 Å². The number of benzene rings is 4. The van der Waals surface area contributed by atoms with Crippen LogP contribution in [0.5, 0.6) is 5.75 Å². The minimum atomic E-state index is -0.799. The Morgan fingerprint density at radius 2 is 1.67 bits per heavy atom. The average Bonchev–Trinajstić information content (AvgIpc) is 3.00. The van der Waals surface area contributed by atoms with E-state index in [1.54, 1.807) is 54.2 Å². The Bertz CT molecular complexity index is 1540. The first-order chi connectivity index (χ1) is 20.4. The van der Waals surface area contributed by atoms with Crippen molar-refractivity contribution in [2.24, 2.45) is 0 Å². The lowest BCUT2D eigenvalue weighted by molar-refractivity contribution is -0.111. The molecule has 0 bridgehead atoms. The second-order valence-corrected chi connectivity index (χ2v) is 10.3. The summed E-state index contributed by atoms with van der Waals surface area (Å²) in [5, 5.41) is 17.4. The minimum Gasteiger partial charge on any atom is -0.507 e. The number of rotatable bonds is 12. The SMILES string of the molecule is CCO[C@H](CC/C=C/C(=O)Nc1ccccc1N)[C@H](OC(=O)Nc1ccc(SC)cc1)c1ccc(O)c2ccccc12. The van der Waals surface area contributed by atoms with Crippen molar-refractivity contribution in [1.82, 2.24) is 0 Å². The van der Waals surface area contributed by atoms with Crippen molar-refractivity contribution in [3.63, 3.8) is 0 Å². The first-order valence-corrected chi connectivity index (χ1v) is 14.9. The third-order valence-electron chi connectivity index (χ3n) is 6.64. The van der Waals surface area contributed by atoms with Gasteiger partial charge >= 0.3 is 6.09 Å². The van der Waals surface area contributed by atoms with Crippen LogP contribution in [0.25, 0.3) is 10.8 Å². The van der Waals surface area contributed by atoms with Crippen LogP contribution in [0.4, 0.5) is 21.9 Å². The second-order valence-electron chi connectivity index (χ2n) is 9.45. The number of anilines is 3. The minimum absolute atomic E-state index is 0.132. The lowest BCUT2D eigenvalue weighted by Gasteiger charge is -2.28. The number of hydrogen-bond donors (Lipinski definition) is 4. The number of para-hydroxylation sites is 2. The molecule has 0 aliphatic heterocycles. The van der Waals surface area contributed by atoms with Crippen LogP contribution in [0.15, 0.2) is 102 Å². The molecule has 4 rings (SSSR count). The van der Waals surface area contributed by atoms with Gasteiger partial charge in [0.25, 0.3) is 0 Å². The molecule has 5 N–H and O–H groups in total. The molecule has 0 aliphatic rings. The van der Waals surface area contributed by atoms with Gasteiger partial charge in [-0.2, -0.15) is 0 Å². The van der Waals surface area contributed by atoms with E-state index in [9.17, 15) is 14.7 Å². The molecular formula is C33H35N3O5S. The van der Waals surface area contributed by atoms with Gasteiger partial charge in [0.1, 0.15) is 5.75 Å². The number of fused-ring (bicyclic) bond motifs is 1. The summed E-state index contributed by atoms with van der Waals surface area (Å²) in [5.41, 5.74) is 8.25. The molecule has 0 unspecified atom stereocenters. The van der Waals surface area contributed by atoms with Crippen molar-refractivity contribution >= 4 is 51.6 Å². The van der Waals surface area contributed by atoms with Crippen LogP contribution in [-0.4, -0.2) is 36.1 Å². The Labute approximate surface area is 249 Å². The van der Waals surface area contributed by atoms with Crippen molar-refractivity contribution in [1.29, 1.82) is 0 Å². The topological polar surface area (TPSA) is 123 Å². The monoisotopic (exact) mass is 585 g/mol. The highest BCUT2D eigenvalue weighted by Gasteiger charge is 2.29. The maximum Gasteiger partial charge on any atom is 0.412 e. The molecule has 0 radical (unpaired) electrons. The fraction of sp³-hybridized carbons (Fsp3) is 0.212. The second kappa shape index (κ2) is 15.0. The van der Waals surface area contributed by atoms with Crippen LogP contribution in [-0.2, 0) is 14.3 Å². The van der Waals surface area contributed by atoms with Crippen molar-refractivity contribution in [2.45, 2.75) is 36.9 Å². The van der Waals surface area contributed by atoms with Crippen LogP contribution in [0.3, 0.4) is 0 Å². The molecule has 42 heavy (non-hydrogen) atoms. The molecule has 4 aromatic rings. The van der Waals surface area contributed by atoms with E-state index < -0.39 is 18.3 Å². The van der Waals surface area contributed by atoms with Gasteiger partial charge in [-0.1, -0.05) is 48.5 Å². The van der Waals surface area contributed by atoms with Crippen molar-refractivity contribution in [3.8, 4) is 5.75 Å². The number of nitrogens with two attached hydrogens (primary N) is 1. The van der Waals surface area contributed by atoms with E-state index in [2.05, 4.69) is 10.6 Å². The number of allylic oxidation sites excluding steroid dienone is 1. The predicted octanol–water partition coefficient (Wildman–Crippen LogP) is 7.52. The number of nitrogen functional groups attached to an aromatic ring is 1. The highest BCUT2D eigenvalue weighted by molar-refractivity contribution is 7.98. The Morgan fingerprint density at radius 1 is 0.952 bits per heavy atom. The fourth-order valence-electron chi connectivity index (χ4n) is 4.60. The first kappa shape index (κ1) is 30.5. The Hall–Kier alpha value is -4.47. The standard InChI is InChI=1S/C33H35N3O5S/c1-3-40-30(14-8-9-15-31(38)36-28-13-7-6-12-27(28)34)32(26-20-21-29(37)25-11-5-4-10-24(25)26)41-33(39)35-22-16-18-23(42-2)19-17-22/h4-7,9-13,15-21,30,32,37H,3,8,14,34H2,1-2H3,(H,35,39)(H,36,38)/b15-9+/t30-,32-/m1/s1. The van der Waals surface area contributed by atoms with Crippen LogP contribution in [0.1, 0.15) is 31.4 Å². The number of ether oxygens (including phenoxy) is 2. The Kier molecular flexibility index (Phi) is 10.9. The Morgan fingerprint density at radius 3 is 2.38 bits per heavy atom. The van der Waals surface area contributed by atoms with Gasteiger partial charge in [-0.15, -0.1) is 11.8 Å². The van der Waals surface area contributed by atoms with E-state index in [1.807, 2.05) is 61.7 Å². The smallest absolute Gasteiger partial charge is 0.412 e. The molecule has 0 fully saturated rings. The average molecular weight is 586 g/mol. The molecule has 0 saturated heterocycles. The van der Waals surface area contributed by atoms with E-state index in [-0.39, 0.29) is 11.7 Å². The van der Waals surface area contributed by atoms with Crippen LogP contribution in [0.2, 0.25) is 0 Å². The van der Waals surface area contributed by atoms with E-state index in [0.717, 1.165) is 10.3 Å². The molecule has 4 aromatic carbocycles. The number of thioether (sulfide) groups is 1. The summed E-state index contributed by atoms with van der Waals surface area (Å²) in [4.78, 5) is 26.7. The summed E-state index contributed by atoms with van der Waals surface area (Å²) in [6.07, 6.45) is 4.16. The van der Waals surface area contributed by atoms with Crippen LogP contribution < -0.4 is 16.4 Å². The van der Waals surface area contributed by atoms with Crippen molar-refractivity contribution in [3.05, 3.63) is 103 Å². The molecule has 0 spiro atoms. The van der Waals surface area contributed by atoms with Gasteiger partial charge in [-0.25, -0.2) is 4.79 Å². The number of phenols is 1. The third kappa shape index (κ3) is 8.05. The Balaban J connectivity index is 1.55. The summed E-state index contributed by atoms with van der Waals surface area (Å²) in [6, 6.07) is 25.3. The van der Waals surface area contributed by atoms with Gasteiger partial charge in [0, 0.05) is 28.1 Å². The number of amides is 2. The van der Waals surface area contributed by atoms with Gasteiger partial charge < -0.3 is 25.6 Å². The fourth-order valence-corrected chi connectivity index (χ4v) is 5.01. The maximum atomic E-state index is 13.2. The molecule has 218 valence electrons. The molecule has 2 atom stereocenters. The van der Waals surface area contributed by atoms with Gasteiger partial charge in [-0.05, 0) is 79.9 Å². The van der Waals surface area contributed by atoms with E-state index in [4.69, 9.17) is 15.2 Å². The molecular weight excluding hydrogens is 550 g/mol. The molecule has 0 aromatic heterocycles. The zero-order chi connectivity index (χ0) is 29.9. The number of phenolic OH excluding ortho intramolecular Hbond substituents is 1. The summed E-state index contributed by atoms with van der Waals surface area (Å²) in [5.74, 6) is -0.169. The maximum absolute atomic E-state index is 13.2. The van der Waals surface area contributed by atoms with E-state index >= 15 is 0 Å².